The van der Waals surface area contributed by atoms with E-state index < -0.39 is 0 Å². The van der Waals surface area contributed by atoms with Crippen LogP contribution >= 0.6 is 23.4 Å². The molecule has 2 N–H and O–H groups in total. The maximum absolute atomic E-state index is 9.77. The van der Waals surface area contributed by atoms with Gasteiger partial charge >= 0.3 is 0 Å². The maximum atomic E-state index is 9.77. The van der Waals surface area contributed by atoms with E-state index in [9.17, 15) is 10.5 Å². The highest BCUT2D eigenvalue weighted by Crippen LogP contribution is 2.49. The van der Waals surface area contributed by atoms with Crippen molar-refractivity contribution in [2.75, 3.05) is 5.73 Å². The molecule has 26 heavy (non-hydrogen) atoms. The van der Waals surface area contributed by atoms with E-state index in [1.807, 2.05) is 42.5 Å². The predicted octanol–water partition coefficient (Wildman–Crippen LogP) is 5.61. The second-order valence-corrected chi connectivity index (χ2v) is 7.36. The number of nitriles is 2. The van der Waals surface area contributed by atoms with E-state index in [1.54, 1.807) is 17.8 Å². The summed E-state index contributed by atoms with van der Waals surface area (Å²) in [5, 5.41) is 20.1. The number of fused-ring (bicyclic) bond motifs is 3. The molecule has 3 aromatic rings. The van der Waals surface area contributed by atoms with Gasteiger partial charge in [0, 0.05) is 26.8 Å². The molecule has 3 aromatic carbocycles. The summed E-state index contributed by atoms with van der Waals surface area (Å²) >= 11 is 7.88. The maximum Gasteiger partial charge on any atom is 0.102 e. The molecule has 3 nitrogen and oxygen atoms in total. The molecule has 4 rings (SSSR count). The molecule has 5 heteroatoms. The third-order valence-electron chi connectivity index (χ3n) is 4.51. The molecule has 0 atom stereocenters. The second-order valence-electron chi connectivity index (χ2n) is 5.91. The minimum absolute atomic E-state index is 0.227. The first-order valence-corrected chi connectivity index (χ1v) is 9.28. The number of benzene rings is 3. The lowest BCUT2D eigenvalue weighted by Crippen LogP contribution is -2.08. The molecule has 1 aliphatic rings. The van der Waals surface area contributed by atoms with Crippen LogP contribution in [0.2, 0.25) is 5.02 Å². The van der Waals surface area contributed by atoms with Crippen LogP contribution < -0.4 is 5.73 Å². The lowest BCUT2D eigenvalue weighted by Gasteiger charge is -2.25. The number of hydrogen-bond acceptors (Lipinski definition) is 4. The average Bonchev–Trinajstić information content (AvgIpc) is 2.67. The number of nitrogens with two attached hydrogens (primary N) is 1. The summed E-state index contributed by atoms with van der Waals surface area (Å²) in [6.45, 7) is 0. The molecule has 0 amide bonds. The van der Waals surface area contributed by atoms with Crippen LogP contribution in [0.4, 0.5) is 5.69 Å². The quantitative estimate of drug-likeness (QED) is 0.563. The third kappa shape index (κ3) is 2.44. The molecule has 0 aromatic heterocycles. The van der Waals surface area contributed by atoms with Crippen molar-refractivity contribution in [3.63, 3.8) is 0 Å². The first-order valence-electron chi connectivity index (χ1n) is 7.92. The van der Waals surface area contributed by atoms with E-state index in [-0.39, 0.29) is 5.69 Å². The number of hydrogen-bond donors (Lipinski definition) is 1. The fourth-order valence-electron chi connectivity index (χ4n) is 3.41. The number of nitrogens with zero attached hydrogens (tertiary/aromatic N) is 2. The zero-order chi connectivity index (χ0) is 18.3. The Morgan fingerprint density at radius 2 is 1.69 bits per heavy atom. The van der Waals surface area contributed by atoms with Crippen molar-refractivity contribution in [3.8, 4) is 34.4 Å². The molecule has 1 heterocycles. The van der Waals surface area contributed by atoms with E-state index in [0.29, 0.717) is 21.9 Å². The Morgan fingerprint density at radius 1 is 0.962 bits per heavy atom. The topological polar surface area (TPSA) is 73.6 Å². The molecule has 0 fully saturated rings. The van der Waals surface area contributed by atoms with Gasteiger partial charge in [-0.05, 0) is 34.9 Å². The highest BCUT2D eigenvalue weighted by Gasteiger charge is 2.28. The summed E-state index contributed by atoms with van der Waals surface area (Å²) < 4.78 is 0. The van der Waals surface area contributed by atoms with Crippen molar-refractivity contribution >= 4 is 29.1 Å². The van der Waals surface area contributed by atoms with Gasteiger partial charge in [0.1, 0.15) is 12.1 Å². The molecule has 1 aliphatic heterocycles. The van der Waals surface area contributed by atoms with Crippen molar-refractivity contribution in [2.24, 2.45) is 0 Å². The Kier molecular flexibility index (Phi) is 4.09. The lowest BCUT2D eigenvalue weighted by molar-refractivity contribution is 1.29. The van der Waals surface area contributed by atoms with Crippen molar-refractivity contribution in [1.29, 1.82) is 10.5 Å². The van der Waals surface area contributed by atoms with Gasteiger partial charge in [-0.25, -0.2) is 0 Å². The number of anilines is 1. The van der Waals surface area contributed by atoms with Gasteiger partial charge in [0.2, 0.25) is 0 Å². The average molecular weight is 374 g/mol. The van der Waals surface area contributed by atoms with Gasteiger partial charge in [0.25, 0.3) is 0 Å². The lowest BCUT2D eigenvalue weighted by atomic mass is 9.84. The van der Waals surface area contributed by atoms with E-state index in [4.69, 9.17) is 17.3 Å². The fraction of sp³-hybridized carbons (Fsp3) is 0.0476. The van der Waals surface area contributed by atoms with Crippen LogP contribution in [-0.4, -0.2) is 0 Å². The third-order valence-corrected chi connectivity index (χ3v) is 5.84. The second kappa shape index (κ2) is 6.42. The van der Waals surface area contributed by atoms with Gasteiger partial charge in [0.05, 0.1) is 16.8 Å². The van der Waals surface area contributed by atoms with Crippen LogP contribution in [0.1, 0.15) is 16.7 Å². The van der Waals surface area contributed by atoms with E-state index in [2.05, 4.69) is 12.1 Å². The Hall–Kier alpha value is -2.92. The Balaban J connectivity index is 2.17. The summed E-state index contributed by atoms with van der Waals surface area (Å²) in [4.78, 5) is 1.11. The van der Waals surface area contributed by atoms with E-state index in [0.717, 1.165) is 32.7 Å². The number of thioether (sulfide) groups is 1. The van der Waals surface area contributed by atoms with Crippen LogP contribution in [0, 0.1) is 22.7 Å². The molecular weight excluding hydrogens is 362 g/mol. The standard InChI is InChI=1S/C21H12ClN3S/c22-13-5-3-4-12(8-13)19-15(9-23)21(25)16(10-24)20-14-6-1-2-7-18(14)26-11-17(19)20/h1-8H,11,25H2. The Morgan fingerprint density at radius 3 is 2.42 bits per heavy atom. The van der Waals surface area contributed by atoms with E-state index >= 15 is 0 Å². The molecule has 0 spiro atoms. The van der Waals surface area contributed by atoms with Gasteiger partial charge in [-0.3, -0.25) is 0 Å². The molecule has 0 saturated carbocycles. The van der Waals surface area contributed by atoms with E-state index in [1.165, 1.54) is 0 Å². The summed E-state index contributed by atoms with van der Waals surface area (Å²) in [6.07, 6.45) is 0. The highest BCUT2D eigenvalue weighted by molar-refractivity contribution is 7.98. The molecule has 0 aliphatic carbocycles. The highest BCUT2D eigenvalue weighted by atomic mass is 35.5. The number of nitrogen functional groups attached to an aromatic ring is 1. The molecular formula is C21H12ClN3S. The SMILES string of the molecule is N#Cc1c(N)c(C#N)c2c(c1-c1cccc(Cl)c1)CSc1ccccc1-2. The van der Waals surface area contributed by atoms with Gasteiger partial charge < -0.3 is 5.73 Å². The fourth-order valence-corrected chi connectivity index (χ4v) is 4.69. The van der Waals surface area contributed by atoms with Crippen molar-refractivity contribution in [3.05, 3.63) is 70.2 Å². The normalized spacial score (nSPS) is 11.8. The Labute approximate surface area is 160 Å². The predicted molar refractivity (Wildman–Crippen MR) is 106 cm³/mol. The minimum Gasteiger partial charge on any atom is -0.397 e. The van der Waals surface area contributed by atoms with Crippen LogP contribution in [0.25, 0.3) is 22.3 Å². The van der Waals surface area contributed by atoms with Gasteiger partial charge in [0.15, 0.2) is 0 Å². The zero-order valence-electron chi connectivity index (χ0n) is 13.6. The molecule has 0 unspecified atom stereocenters. The van der Waals surface area contributed by atoms with Crippen LogP contribution in [0.15, 0.2) is 53.4 Å². The summed E-state index contributed by atoms with van der Waals surface area (Å²) in [6, 6.07) is 19.8. The van der Waals surface area contributed by atoms with Crippen LogP contribution in [0.5, 0.6) is 0 Å². The smallest absolute Gasteiger partial charge is 0.102 e. The van der Waals surface area contributed by atoms with Crippen molar-refractivity contribution in [2.45, 2.75) is 10.6 Å². The Bertz CT molecular complexity index is 1140. The molecule has 124 valence electrons. The number of halogens is 1. The van der Waals surface area contributed by atoms with Crippen LogP contribution in [0.3, 0.4) is 0 Å². The van der Waals surface area contributed by atoms with Gasteiger partial charge in [-0.2, -0.15) is 10.5 Å². The van der Waals surface area contributed by atoms with Crippen molar-refractivity contribution in [1.82, 2.24) is 0 Å². The van der Waals surface area contributed by atoms with Crippen molar-refractivity contribution < 1.29 is 0 Å². The zero-order valence-corrected chi connectivity index (χ0v) is 15.2. The first kappa shape index (κ1) is 16.5. The van der Waals surface area contributed by atoms with Gasteiger partial charge in [-0.15, -0.1) is 11.8 Å². The first-order chi connectivity index (χ1) is 12.7. The molecule has 0 radical (unpaired) electrons. The van der Waals surface area contributed by atoms with Gasteiger partial charge in [-0.1, -0.05) is 41.9 Å². The number of rotatable bonds is 1. The van der Waals surface area contributed by atoms with Crippen LogP contribution in [-0.2, 0) is 5.75 Å². The monoisotopic (exact) mass is 373 g/mol. The molecule has 0 bridgehead atoms. The minimum atomic E-state index is 0.227. The summed E-state index contributed by atoms with van der Waals surface area (Å²) in [5.41, 5.74) is 11.6. The summed E-state index contributed by atoms with van der Waals surface area (Å²) in [7, 11) is 0. The largest absolute Gasteiger partial charge is 0.397 e. The molecule has 0 saturated heterocycles. The summed E-state index contributed by atoms with van der Waals surface area (Å²) in [5.74, 6) is 0.665.